The van der Waals surface area contributed by atoms with E-state index in [4.69, 9.17) is 16.6 Å². The number of hydrogen-bond acceptors (Lipinski definition) is 3. The van der Waals surface area contributed by atoms with E-state index in [-0.39, 0.29) is 16.5 Å². The van der Waals surface area contributed by atoms with Gasteiger partial charge in [-0.3, -0.25) is 9.69 Å². The van der Waals surface area contributed by atoms with Crippen molar-refractivity contribution in [2.24, 2.45) is 0 Å². The number of nitrogens with zero attached hydrogens (tertiary/aromatic N) is 2. The maximum absolute atomic E-state index is 13.4. The Balaban J connectivity index is 1.80. The lowest BCUT2D eigenvalue weighted by Gasteiger charge is -2.20. The van der Waals surface area contributed by atoms with Crippen molar-refractivity contribution in [2.75, 3.05) is 4.90 Å². The molecule has 0 spiro atoms. The van der Waals surface area contributed by atoms with Gasteiger partial charge in [0.25, 0.3) is 5.91 Å². The molecule has 3 aromatic carbocycles. The zero-order valence-corrected chi connectivity index (χ0v) is 16.6. The fraction of sp³-hybridized carbons (Fsp3) is 0.0909. The van der Waals surface area contributed by atoms with E-state index in [1.165, 1.54) is 23.5 Å². The third-order valence-electron chi connectivity index (χ3n) is 4.43. The SMILES string of the molecule is Cc1cccc2sc(N(Cc3ccccc3)C(=O)c3ccc(F)cc3Cl)nc12. The summed E-state index contributed by atoms with van der Waals surface area (Å²) in [5, 5.41) is 0.666. The van der Waals surface area contributed by atoms with Gasteiger partial charge in [-0.1, -0.05) is 65.4 Å². The lowest BCUT2D eigenvalue weighted by Crippen LogP contribution is -2.30. The summed E-state index contributed by atoms with van der Waals surface area (Å²) in [6.45, 7) is 2.33. The summed E-state index contributed by atoms with van der Waals surface area (Å²) in [5.41, 5.74) is 3.13. The first-order chi connectivity index (χ1) is 13.5. The van der Waals surface area contributed by atoms with Crippen LogP contribution in [0.4, 0.5) is 9.52 Å². The summed E-state index contributed by atoms with van der Waals surface area (Å²) in [6.07, 6.45) is 0. The zero-order valence-electron chi connectivity index (χ0n) is 15.0. The Hall–Kier alpha value is -2.76. The molecule has 0 atom stereocenters. The lowest BCUT2D eigenvalue weighted by molar-refractivity contribution is 0.0985. The molecule has 1 aromatic heterocycles. The minimum absolute atomic E-state index is 0.0837. The Labute approximate surface area is 171 Å². The van der Waals surface area contributed by atoms with Gasteiger partial charge >= 0.3 is 0 Å². The van der Waals surface area contributed by atoms with Crippen LogP contribution in [0.1, 0.15) is 21.5 Å². The van der Waals surface area contributed by atoms with Crippen molar-refractivity contribution in [1.29, 1.82) is 0 Å². The highest BCUT2D eigenvalue weighted by Gasteiger charge is 2.24. The van der Waals surface area contributed by atoms with Crippen molar-refractivity contribution < 1.29 is 9.18 Å². The standard InChI is InChI=1S/C22H16ClFN2OS/c1-14-6-5-9-19-20(14)25-22(28-19)26(13-15-7-3-2-4-8-15)21(27)17-11-10-16(24)12-18(17)23/h2-12H,13H2,1H3. The van der Waals surface area contributed by atoms with Crippen LogP contribution >= 0.6 is 22.9 Å². The van der Waals surface area contributed by atoms with Crippen molar-refractivity contribution in [3.63, 3.8) is 0 Å². The van der Waals surface area contributed by atoms with Gasteiger partial charge in [-0.15, -0.1) is 0 Å². The van der Waals surface area contributed by atoms with Gasteiger partial charge in [0.05, 0.1) is 27.3 Å². The summed E-state index contributed by atoms with van der Waals surface area (Å²) in [5.74, 6) is -0.794. The Morgan fingerprint density at radius 3 is 2.61 bits per heavy atom. The number of para-hydroxylation sites is 1. The van der Waals surface area contributed by atoms with Crippen LogP contribution in [0.2, 0.25) is 5.02 Å². The predicted molar refractivity (Wildman–Crippen MR) is 113 cm³/mol. The molecule has 3 nitrogen and oxygen atoms in total. The molecule has 28 heavy (non-hydrogen) atoms. The van der Waals surface area contributed by atoms with Gasteiger partial charge in [0.1, 0.15) is 5.82 Å². The highest BCUT2D eigenvalue weighted by Crippen LogP contribution is 2.33. The van der Waals surface area contributed by atoms with E-state index < -0.39 is 5.82 Å². The third-order valence-corrected chi connectivity index (χ3v) is 5.79. The second kappa shape index (κ2) is 7.70. The maximum atomic E-state index is 13.4. The smallest absolute Gasteiger partial charge is 0.261 e. The van der Waals surface area contributed by atoms with Crippen molar-refractivity contribution in [2.45, 2.75) is 13.5 Å². The first-order valence-electron chi connectivity index (χ1n) is 8.70. The number of carbonyl (C=O) groups is 1. The number of thiazole rings is 1. The van der Waals surface area contributed by atoms with Gasteiger partial charge in [0.15, 0.2) is 5.13 Å². The largest absolute Gasteiger partial charge is 0.279 e. The second-order valence-corrected chi connectivity index (χ2v) is 7.84. The molecule has 140 valence electrons. The molecule has 0 radical (unpaired) electrons. The molecule has 1 heterocycles. The fourth-order valence-electron chi connectivity index (χ4n) is 2.99. The van der Waals surface area contributed by atoms with E-state index in [1.54, 1.807) is 4.90 Å². The van der Waals surface area contributed by atoms with Crippen molar-refractivity contribution >= 4 is 44.2 Å². The van der Waals surface area contributed by atoms with Gasteiger partial charge in [0.2, 0.25) is 0 Å². The molecule has 0 aliphatic rings. The molecule has 0 saturated heterocycles. The minimum Gasteiger partial charge on any atom is -0.279 e. The molecule has 0 aliphatic heterocycles. The van der Waals surface area contributed by atoms with Crippen LogP contribution in [0, 0.1) is 12.7 Å². The highest BCUT2D eigenvalue weighted by molar-refractivity contribution is 7.22. The van der Waals surface area contributed by atoms with Crippen LogP contribution in [-0.4, -0.2) is 10.9 Å². The average Bonchev–Trinajstić information content (AvgIpc) is 3.12. The minimum atomic E-state index is -0.480. The van der Waals surface area contributed by atoms with Crippen LogP contribution in [0.5, 0.6) is 0 Å². The molecule has 0 N–H and O–H groups in total. The van der Waals surface area contributed by atoms with E-state index >= 15 is 0 Å². The normalized spacial score (nSPS) is 11.0. The fourth-order valence-corrected chi connectivity index (χ4v) is 4.28. The maximum Gasteiger partial charge on any atom is 0.261 e. The van der Waals surface area contributed by atoms with Crippen molar-refractivity contribution in [3.05, 3.63) is 94.3 Å². The van der Waals surface area contributed by atoms with E-state index in [0.29, 0.717) is 11.7 Å². The number of fused-ring (bicyclic) bond motifs is 1. The lowest BCUT2D eigenvalue weighted by atomic mass is 10.1. The van der Waals surface area contributed by atoms with Gasteiger partial charge in [-0.25, -0.2) is 9.37 Å². The quantitative estimate of drug-likeness (QED) is 0.398. The van der Waals surface area contributed by atoms with E-state index in [9.17, 15) is 9.18 Å². The summed E-state index contributed by atoms with van der Waals surface area (Å²) < 4.78 is 14.5. The monoisotopic (exact) mass is 410 g/mol. The number of rotatable bonds is 4. The topological polar surface area (TPSA) is 33.2 Å². The Morgan fingerprint density at radius 2 is 1.89 bits per heavy atom. The van der Waals surface area contributed by atoms with Crippen LogP contribution < -0.4 is 4.90 Å². The Morgan fingerprint density at radius 1 is 1.11 bits per heavy atom. The van der Waals surface area contributed by atoms with E-state index in [0.717, 1.165) is 27.4 Å². The van der Waals surface area contributed by atoms with E-state index in [2.05, 4.69) is 0 Å². The number of carbonyl (C=O) groups excluding carboxylic acids is 1. The predicted octanol–water partition coefficient (Wildman–Crippen LogP) is 6.24. The average molecular weight is 411 g/mol. The highest BCUT2D eigenvalue weighted by atomic mass is 35.5. The number of hydrogen-bond donors (Lipinski definition) is 0. The van der Waals surface area contributed by atoms with Crippen molar-refractivity contribution in [1.82, 2.24) is 4.98 Å². The van der Waals surface area contributed by atoms with E-state index in [1.807, 2.05) is 55.5 Å². The molecule has 0 aliphatic carbocycles. The number of benzene rings is 3. The number of amides is 1. The Bertz CT molecular complexity index is 1160. The zero-order chi connectivity index (χ0) is 19.7. The number of aromatic nitrogens is 1. The molecular formula is C22H16ClFN2OS. The first-order valence-corrected chi connectivity index (χ1v) is 9.89. The Kier molecular flexibility index (Phi) is 5.11. The summed E-state index contributed by atoms with van der Waals surface area (Å²) in [7, 11) is 0. The number of anilines is 1. The summed E-state index contributed by atoms with van der Waals surface area (Å²) in [6, 6.07) is 19.4. The molecule has 0 saturated carbocycles. The van der Waals surface area contributed by atoms with Crippen LogP contribution in [0.15, 0.2) is 66.7 Å². The number of halogens is 2. The molecule has 0 unspecified atom stereocenters. The molecule has 1 amide bonds. The van der Waals surface area contributed by atoms with Gasteiger partial charge < -0.3 is 0 Å². The second-order valence-electron chi connectivity index (χ2n) is 6.42. The molecular weight excluding hydrogens is 395 g/mol. The van der Waals surface area contributed by atoms with Crippen LogP contribution in [-0.2, 0) is 6.54 Å². The third kappa shape index (κ3) is 3.63. The van der Waals surface area contributed by atoms with Crippen LogP contribution in [0.3, 0.4) is 0 Å². The summed E-state index contributed by atoms with van der Waals surface area (Å²) >= 11 is 7.61. The van der Waals surface area contributed by atoms with Crippen LogP contribution in [0.25, 0.3) is 10.2 Å². The summed E-state index contributed by atoms with van der Waals surface area (Å²) in [4.78, 5) is 19.6. The molecule has 0 fully saturated rings. The molecule has 0 bridgehead atoms. The van der Waals surface area contributed by atoms with Gasteiger partial charge in [-0.2, -0.15) is 0 Å². The van der Waals surface area contributed by atoms with Crippen molar-refractivity contribution in [3.8, 4) is 0 Å². The van der Waals surface area contributed by atoms with Gasteiger partial charge in [0, 0.05) is 0 Å². The first kappa shape index (κ1) is 18.6. The number of aryl methyl sites for hydroxylation is 1. The molecule has 4 aromatic rings. The molecule has 4 rings (SSSR count). The molecule has 6 heteroatoms. The van der Waals surface area contributed by atoms with Gasteiger partial charge in [-0.05, 0) is 42.3 Å².